The lowest BCUT2D eigenvalue weighted by Gasteiger charge is -2.34. The first-order chi connectivity index (χ1) is 18.2. The summed E-state index contributed by atoms with van der Waals surface area (Å²) in [7, 11) is 0. The molecule has 1 saturated heterocycles. The second kappa shape index (κ2) is 10.6. The van der Waals surface area contributed by atoms with E-state index in [0.29, 0.717) is 42.7 Å². The Bertz CT molecular complexity index is 1400. The first-order valence-corrected chi connectivity index (χ1v) is 13.1. The van der Waals surface area contributed by atoms with Crippen molar-refractivity contribution in [2.24, 2.45) is 0 Å². The summed E-state index contributed by atoms with van der Waals surface area (Å²) in [4.78, 5) is 30.4. The van der Waals surface area contributed by atoms with E-state index in [1.54, 1.807) is 60.0 Å². The highest BCUT2D eigenvalue weighted by Gasteiger charge is 2.34. The van der Waals surface area contributed by atoms with Gasteiger partial charge in [-0.05, 0) is 38.1 Å². The van der Waals surface area contributed by atoms with Crippen LogP contribution in [0.1, 0.15) is 32.2 Å². The highest BCUT2D eigenvalue weighted by atomic mass is 35.5. The minimum Gasteiger partial charge on any atom is -0.360 e. The van der Waals surface area contributed by atoms with Crippen molar-refractivity contribution in [3.05, 3.63) is 79.1 Å². The molecule has 0 atom stereocenters. The van der Waals surface area contributed by atoms with Crippen LogP contribution in [-0.4, -0.2) is 58.1 Å². The minimum absolute atomic E-state index is 0.281. The smallest absolute Gasteiger partial charge is 0.259 e. The molecule has 0 bridgehead atoms. The number of benzene rings is 2. The van der Waals surface area contributed by atoms with E-state index in [2.05, 4.69) is 10.3 Å². The summed E-state index contributed by atoms with van der Waals surface area (Å²) in [5, 5.41) is 9.56. The molecule has 1 aliphatic heterocycles. The Balaban J connectivity index is 1.37. The van der Waals surface area contributed by atoms with Gasteiger partial charge in [-0.2, -0.15) is 0 Å². The molecule has 0 N–H and O–H groups in total. The van der Waals surface area contributed by atoms with Gasteiger partial charge in [-0.25, -0.2) is 0 Å². The number of carbonyl (C=O) groups excluding carboxylic acids is 2. The number of aryl methyl sites for hydroxylation is 2. The fourth-order valence-corrected chi connectivity index (χ4v) is 5.62. The van der Waals surface area contributed by atoms with Gasteiger partial charge < -0.3 is 18.8 Å². The number of nitrogens with zero attached hydrogens (tertiary/aromatic N) is 4. The first-order valence-electron chi connectivity index (χ1n) is 11.6. The van der Waals surface area contributed by atoms with Gasteiger partial charge in [0, 0.05) is 37.3 Å². The molecule has 3 heterocycles. The van der Waals surface area contributed by atoms with Gasteiger partial charge in [0.15, 0.2) is 0 Å². The summed E-state index contributed by atoms with van der Waals surface area (Å²) in [6.45, 7) is 4.47. The van der Waals surface area contributed by atoms with Gasteiger partial charge in [-0.3, -0.25) is 9.59 Å². The van der Waals surface area contributed by atoms with Crippen LogP contribution >= 0.6 is 46.4 Å². The second-order valence-corrected chi connectivity index (χ2v) is 10.3. The fourth-order valence-electron chi connectivity index (χ4n) is 4.47. The van der Waals surface area contributed by atoms with Gasteiger partial charge >= 0.3 is 0 Å². The van der Waals surface area contributed by atoms with Crippen LogP contribution in [0.5, 0.6) is 0 Å². The first kappa shape index (κ1) is 26.6. The number of aromatic nitrogens is 2. The number of amides is 2. The van der Waals surface area contributed by atoms with Gasteiger partial charge in [0.25, 0.3) is 11.8 Å². The molecule has 0 unspecified atom stereocenters. The van der Waals surface area contributed by atoms with Gasteiger partial charge in [0.05, 0.1) is 20.1 Å². The van der Waals surface area contributed by atoms with Crippen LogP contribution in [0.3, 0.4) is 0 Å². The Morgan fingerprint density at radius 2 is 0.974 bits per heavy atom. The maximum Gasteiger partial charge on any atom is 0.259 e. The molecule has 1 aliphatic rings. The topological polar surface area (TPSA) is 92.7 Å². The lowest BCUT2D eigenvalue weighted by atomic mass is 10.0. The van der Waals surface area contributed by atoms with E-state index >= 15 is 0 Å². The van der Waals surface area contributed by atoms with Crippen molar-refractivity contribution in [1.82, 2.24) is 20.1 Å². The standard InChI is InChI=1S/C26H20Cl4N4O4/c1-13-19(23(31-37-13)21-15(27)5-3-6-16(21)28)25(35)33-9-11-34(12-10-33)26(36)20-14(2)38-32-24(20)22-17(29)7-4-8-18(22)30/h3-8H,9-12H2,1-2H3. The Morgan fingerprint density at radius 1 is 0.658 bits per heavy atom. The van der Waals surface area contributed by atoms with Gasteiger partial charge in [0.1, 0.15) is 34.0 Å². The molecule has 0 aliphatic carbocycles. The summed E-state index contributed by atoms with van der Waals surface area (Å²) >= 11 is 25.5. The number of rotatable bonds is 4. The fraction of sp³-hybridized carbons (Fsp3) is 0.231. The number of halogens is 4. The van der Waals surface area contributed by atoms with Crippen LogP contribution < -0.4 is 0 Å². The lowest BCUT2D eigenvalue weighted by molar-refractivity contribution is 0.0534. The van der Waals surface area contributed by atoms with E-state index in [1.165, 1.54) is 0 Å². The van der Waals surface area contributed by atoms with Crippen molar-refractivity contribution in [3.63, 3.8) is 0 Å². The monoisotopic (exact) mass is 592 g/mol. The van der Waals surface area contributed by atoms with Crippen LogP contribution in [-0.2, 0) is 0 Å². The SMILES string of the molecule is Cc1onc(-c2c(Cl)cccc2Cl)c1C(=O)N1CCN(C(=O)c2c(-c3c(Cl)cccc3Cl)noc2C)CC1. The van der Waals surface area contributed by atoms with Gasteiger partial charge in [0.2, 0.25) is 0 Å². The number of hydrogen-bond acceptors (Lipinski definition) is 6. The highest BCUT2D eigenvalue weighted by molar-refractivity contribution is 6.40. The summed E-state index contributed by atoms with van der Waals surface area (Å²) in [5.74, 6) is 0.125. The molecule has 2 aromatic heterocycles. The predicted octanol–water partition coefficient (Wildman–Crippen LogP) is 6.83. The molecule has 5 rings (SSSR count). The molecular weight excluding hydrogens is 574 g/mol. The number of carbonyl (C=O) groups is 2. The van der Waals surface area contributed by atoms with Crippen molar-refractivity contribution in [2.45, 2.75) is 13.8 Å². The summed E-state index contributed by atoms with van der Waals surface area (Å²) < 4.78 is 10.7. The third kappa shape index (κ3) is 4.66. The molecular formula is C26H20Cl4N4O4. The van der Waals surface area contributed by atoms with E-state index in [1.807, 2.05) is 0 Å². The molecule has 196 valence electrons. The van der Waals surface area contributed by atoms with Crippen molar-refractivity contribution in [1.29, 1.82) is 0 Å². The third-order valence-corrected chi connectivity index (χ3v) is 7.67. The molecule has 0 radical (unpaired) electrons. The van der Waals surface area contributed by atoms with Crippen LogP contribution in [0.2, 0.25) is 20.1 Å². The maximum absolute atomic E-state index is 13.6. The van der Waals surface area contributed by atoms with E-state index in [-0.39, 0.29) is 60.5 Å². The molecule has 4 aromatic rings. The van der Waals surface area contributed by atoms with Crippen LogP contribution in [0.25, 0.3) is 22.5 Å². The Kier molecular flexibility index (Phi) is 7.42. The maximum atomic E-state index is 13.6. The molecule has 8 nitrogen and oxygen atoms in total. The van der Waals surface area contributed by atoms with E-state index in [4.69, 9.17) is 55.4 Å². The molecule has 0 saturated carbocycles. The Labute approximate surface area is 238 Å². The van der Waals surface area contributed by atoms with Crippen molar-refractivity contribution < 1.29 is 18.6 Å². The van der Waals surface area contributed by atoms with Gasteiger partial charge in [-0.15, -0.1) is 0 Å². The Morgan fingerprint density at radius 3 is 1.29 bits per heavy atom. The Hall–Kier alpha value is -3.04. The van der Waals surface area contributed by atoms with E-state index in [0.717, 1.165) is 0 Å². The van der Waals surface area contributed by atoms with E-state index < -0.39 is 0 Å². The number of hydrogen-bond donors (Lipinski definition) is 0. The summed E-state index contributed by atoms with van der Waals surface area (Å²) in [6, 6.07) is 10.1. The molecule has 38 heavy (non-hydrogen) atoms. The average Bonchev–Trinajstić information content (AvgIpc) is 3.45. The zero-order chi connectivity index (χ0) is 27.1. The largest absolute Gasteiger partial charge is 0.360 e. The zero-order valence-corrected chi connectivity index (χ0v) is 23.2. The van der Waals surface area contributed by atoms with Crippen molar-refractivity contribution in [3.8, 4) is 22.5 Å². The molecule has 1 fully saturated rings. The molecule has 12 heteroatoms. The summed E-state index contributed by atoms with van der Waals surface area (Å²) in [6.07, 6.45) is 0. The molecule has 2 amide bonds. The highest BCUT2D eigenvalue weighted by Crippen LogP contribution is 2.38. The van der Waals surface area contributed by atoms with Gasteiger partial charge in [-0.1, -0.05) is 68.8 Å². The number of piperazine rings is 1. The zero-order valence-electron chi connectivity index (χ0n) is 20.2. The van der Waals surface area contributed by atoms with Crippen LogP contribution in [0.15, 0.2) is 45.4 Å². The second-order valence-electron chi connectivity index (χ2n) is 8.70. The predicted molar refractivity (Wildman–Crippen MR) is 145 cm³/mol. The minimum atomic E-state index is -0.286. The molecule has 2 aromatic carbocycles. The normalized spacial score (nSPS) is 13.7. The summed E-state index contributed by atoms with van der Waals surface area (Å²) in [5.41, 5.74) is 1.98. The molecule has 0 spiro atoms. The van der Waals surface area contributed by atoms with Crippen LogP contribution in [0, 0.1) is 13.8 Å². The van der Waals surface area contributed by atoms with Crippen molar-refractivity contribution >= 4 is 58.2 Å². The quantitative estimate of drug-likeness (QED) is 0.258. The average molecular weight is 594 g/mol. The van der Waals surface area contributed by atoms with Crippen molar-refractivity contribution in [2.75, 3.05) is 26.2 Å². The lowest BCUT2D eigenvalue weighted by Crippen LogP contribution is -2.50. The van der Waals surface area contributed by atoms with Crippen LogP contribution in [0.4, 0.5) is 0 Å². The third-order valence-electron chi connectivity index (χ3n) is 6.41. The van der Waals surface area contributed by atoms with E-state index in [9.17, 15) is 9.59 Å².